The maximum absolute atomic E-state index is 13.6. The largest absolute Gasteiger partial charge is 0.493 e. The Morgan fingerprint density at radius 2 is 1.82 bits per heavy atom. The van der Waals surface area contributed by atoms with Gasteiger partial charge in [-0.2, -0.15) is 0 Å². The van der Waals surface area contributed by atoms with Crippen molar-refractivity contribution < 1.29 is 23.9 Å². The fourth-order valence-electron chi connectivity index (χ4n) is 3.67. The maximum atomic E-state index is 13.6. The van der Waals surface area contributed by atoms with Crippen LogP contribution < -0.4 is 19.5 Å². The number of benzene rings is 2. The zero-order chi connectivity index (χ0) is 20.5. The van der Waals surface area contributed by atoms with E-state index in [1.807, 2.05) is 6.07 Å². The molecule has 0 aliphatic carbocycles. The molecule has 8 nitrogen and oxygen atoms in total. The number of nitro benzene ring substituents is 1. The van der Waals surface area contributed by atoms with Crippen molar-refractivity contribution in [2.45, 2.75) is 18.9 Å². The number of nitrogens with zero attached hydrogens (tertiary/aromatic N) is 1. The van der Waals surface area contributed by atoms with Crippen LogP contribution in [-0.2, 0) is 12.0 Å². The highest BCUT2D eigenvalue weighted by molar-refractivity contribution is 6.06. The van der Waals surface area contributed by atoms with Crippen LogP contribution in [0.3, 0.4) is 0 Å². The second-order valence-corrected chi connectivity index (χ2v) is 6.61. The van der Waals surface area contributed by atoms with E-state index in [4.69, 9.17) is 14.2 Å². The van der Waals surface area contributed by atoms with Gasteiger partial charge in [-0.05, 0) is 42.7 Å². The van der Waals surface area contributed by atoms with Gasteiger partial charge >= 0.3 is 5.69 Å². The first-order valence-electron chi connectivity index (χ1n) is 8.74. The lowest BCUT2D eigenvalue weighted by Crippen LogP contribution is -2.51. The van der Waals surface area contributed by atoms with Gasteiger partial charge in [0.15, 0.2) is 17.3 Å². The molecule has 28 heavy (non-hydrogen) atoms. The Morgan fingerprint density at radius 3 is 2.43 bits per heavy atom. The van der Waals surface area contributed by atoms with Crippen molar-refractivity contribution in [1.29, 1.82) is 0 Å². The minimum Gasteiger partial charge on any atom is -0.493 e. The smallest absolute Gasteiger partial charge is 0.311 e. The first-order chi connectivity index (χ1) is 13.4. The Kier molecular flexibility index (Phi) is 5.24. The Bertz CT molecular complexity index is 943. The van der Waals surface area contributed by atoms with Crippen LogP contribution in [0.25, 0.3) is 0 Å². The third-order valence-corrected chi connectivity index (χ3v) is 5.11. The Balaban J connectivity index is 2.17. The van der Waals surface area contributed by atoms with Gasteiger partial charge in [0.25, 0.3) is 0 Å². The molecule has 1 heterocycles. The molecule has 1 N–H and O–H groups in total. The standard InChI is InChI=1S/C20H22N2O6/c1-20(19(23)13-6-5-7-15(22(24)25)18(13)28-4)14-11-17(27-3)16(26-2)10-12(14)8-9-21-20/h5-7,10-11,21H,8-9H2,1-4H3. The number of hydrogen-bond donors (Lipinski definition) is 1. The van der Waals surface area contributed by atoms with E-state index in [0.717, 1.165) is 11.1 Å². The lowest BCUT2D eigenvalue weighted by molar-refractivity contribution is -0.385. The predicted octanol–water partition coefficient (Wildman–Crippen LogP) is 2.86. The lowest BCUT2D eigenvalue weighted by atomic mass is 9.78. The van der Waals surface area contributed by atoms with E-state index in [9.17, 15) is 14.9 Å². The van der Waals surface area contributed by atoms with Crippen LogP contribution >= 0.6 is 0 Å². The van der Waals surface area contributed by atoms with Crippen molar-refractivity contribution in [2.24, 2.45) is 0 Å². The highest BCUT2D eigenvalue weighted by atomic mass is 16.6. The zero-order valence-corrected chi connectivity index (χ0v) is 16.2. The van der Waals surface area contributed by atoms with Crippen molar-refractivity contribution in [3.8, 4) is 17.2 Å². The number of methoxy groups -OCH3 is 3. The predicted molar refractivity (Wildman–Crippen MR) is 103 cm³/mol. The summed E-state index contributed by atoms with van der Waals surface area (Å²) in [5.41, 5.74) is 0.497. The summed E-state index contributed by atoms with van der Waals surface area (Å²) >= 11 is 0. The second kappa shape index (κ2) is 7.47. The summed E-state index contributed by atoms with van der Waals surface area (Å²) in [6.07, 6.45) is 0.713. The van der Waals surface area contributed by atoms with Crippen molar-refractivity contribution in [3.63, 3.8) is 0 Å². The van der Waals surface area contributed by atoms with Gasteiger partial charge in [0.1, 0.15) is 5.54 Å². The number of para-hydroxylation sites is 1. The SMILES string of the molecule is COc1cc2c(cc1OC)C(C)(C(=O)c1cccc([N+](=O)[O-])c1OC)NCC2. The molecule has 1 unspecified atom stereocenters. The van der Waals surface area contributed by atoms with Crippen LogP contribution in [0.4, 0.5) is 5.69 Å². The van der Waals surface area contributed by atoms with E-state index in [1.54, 1.807) is 20.1 Å². The van der Waals surface area contributed by atoms with Crippen LogP contribution in [0.2, 0.25) is 0 Å². The molecule has 0 aromatic heterocycles. The summed E-state index contributed by atoms with van der Waals surface area (Å²) in [5, 5.41) is 14.6. The summed E-state index contributed by atoms with van der Waals surface area (Å²) in [5.74, 6) is 0.732. The van der Waals surface area contributed by atoms with E-state index >= 15 is 0 Å². The summed E-state index contributed by atoms with van der Waals surface area (Å²) in [6.45, 7) is 2.33. The summed E-state index contributed by atoms with van der Waals surface area (Å²) in [6, 6.07) is 7.98. The minimum atomic E-state index is -1.10. The molecule has 0 saturated carbocycles. The number of ether oxygens (including phenoxy) is 3. The van der Waals surface area contributed by atoms with Crippen LogP contribution in [0.15, 0.2) is 30.3 Å². The number of carbonyl (C=O) groups excluding carboxylic acids is 1. The molecular weight excluding hydrogens is 364 g/mol. The summed E-state index contributed by atoms with van der Waals surface area (Å²) < 4.78 is 16.0. The normalized spacial score (nSPS) is 18.1. The van der Waals surface area contributed by atoms with Gasteiger partial charge in [-0.25, -0.2) is 0 Å². The topological polar surface area (TPSA) is 99.9 Å². The number of Topliss-reactive ketones (excluding diaryl/α,β-unsaturated/α-hetero) is 1. The highest BCUT2D eigenvalue weighted by Gasteiger charge is 2.42. The van der Waals surface area contributed by atoms with Gasteiger partial charge in [-0.1, -0.05) is 6.07 Å². The molecular formula is C20H22N2O6. The molecule has 148 valence electrons. The van der Waals surface area contributed by atoms with Crippen LogP contribution in [0, 0.1) is 10.1 Å². The molecule has 2 aromatic carbocycles. The molecule has 0 fully saturated rings. The fraction of sp³-hybridized carbons (Fsp3) is 0.350. The quantitative estimate of drug-likeness (QED) is 0.463. The molecule has 1 aliphatic rings. The van der Waals surface area contributed by atoms with E-state index in [-0.39, 0.29) is 22.8 Å². The zero-order valence-electron chi connectivity index (χ0n) is 16.2. The molecule has 1 atom stereocenters. The van der Waals surface area contributed by atoms with Crippen LogP contribution in [0.1, 0.15) is 28.4 Å². The number of carbonyl (C=O) groups is 1. The lowest BCUT2D eigenvalue weighted by Gasteiger charge is -2.36. The molecule has 0 amide bonds. The monoisotopic (exact) mass is 386 g/mol. The van der Waals surface area contributed by atoms with Gasteiger partial charge < -0.3 is 19.5 Å². The molecule has 0 spiro atoms. The van der Waals surface area contributed by atoms with Crippen molar-refractivity contribution >= 4 is 11.5 Å². The molecule has 1 aliphatic heterocycles. The van der Waals surface area contributed by atoms with Crippen molar-refractivity contribution in [3.05, 3.63) is 57.1 Å². The Morgan fingerprint density at radius 1 is 1.14 bits per heavy atom. The highest BCUT2D eigenvalue weighted by Crippen LogP contribution is 2.41. The molecule has 8 heteroatoms. The molecule has 2 aromatic rings. The first-order valence-corrected chi connectivity index (χ1v) is 8.74. The number of rotatable bonds is 6. The second-order valence-electron chi connectivity index (χ2n) is 6.61. The van der Waals surface area contributed by atoms with Crippen molar-refractivity contribution in [2.75, 3.05) is 27.9 Å². The molecule has 0 radical (unpaired) electrons. The number of hydrogen-bond acceptors (Lipinski definition) is 7. The first kappa shape index (κ1) is 19.6. The summed E-state index contributed by atoms with van der Waals surface area (Å²) in [7, 11) is 4.41. The average Bonchev–Trinajstić information content (AvgIpc) is 2.71. The average molecular weight is 386 g/mol. The maximum Gasteiger partial charge on any atom is 0.311 e. The molecule has 0 saturated heterocycles. The van der Waals surface area contributed by atoms with Crippen molar-refractivity contribution in [1.82, 2.24) is 5.32 Å². The Hall–Kier alpha value is -3.13. The van der Waals surface area contributed by atoms with E-state index < -0.39 is 10.5 Å². The molecule has 0 bridgehead atoms. The minimum absolute atomic E-state index is 0.0480. The number of nitro groups is 1. The number of fused-ring (bicyclic) bond motifs is 1. The third kappa shape index (κ3) is 3.05. The van der Waals surface area contributed by atoms with E-state index in [0.29, 0.717) is 24.5 Å². The third-order valence-electron chi connectivity index (χ3n) is 5.11. The van der Waals surface area contributed by atoms with E-state index in [2.05, 4.69) is 5.32 Å². The van der Waals surface area contributed by atoms with Gasteiger partial charge in [-0.15, -0.1) is 0 Å². The number of ketones is 1. The van der Waals surface area contributed by atoms with Gasteiger partial charge in [0.2, 0.25) is 5.75 Å². The number of nitrogens with one attached hydrogen (secondary N) is 1. The summed E-state index contributed by atoms with van der Waals surface area (Å²) in [4.78, 5) is 24.3. The fourth-order valence-corrected chi connectivity index (χ4v) is 3.67. The van der Waals surface area contributed by atoms with Gasteiger partial charge in [-0.3, -0.25) is 14.9 Å². The van der Waals surface area contributed by atoms with Crippen LogP contribution in [-0.4, -0.2) is 38.6 Å². The Labute approximate surface area is 162 Å². The van der Waals surface area contributed by atoms with Crippen LogP contribution in [0.5, 0.6) is 17.2 Å². The van der Waals surface area contributed by atoms with E-state index in [1.165, 1.54) is 32.4 Å². The molecule has 3 rings (SSSR count). The van der Waals surface area contributed by atoms with Gasteiger partial charge in [0.05, 0.1) is 31.8 Å². The van der Waals surface area contributed by atoms with Gasteiger partial charge in [0, 0.05) is 12.6 Å².